The highest BCUT2D eigenvalue weighted by molar-refractivity contribution is 7.47. The fourth-order valence-corrected chi connectivity index (χ4v) is 8.02. The van der Waals surface area contributed by atoms with Gasteiger partial charge in [-0.2, -0.15) is 0 Å². The van der Waals surface area contributed by atoms with Gasteiger partial charge in [-0.25, -0.2) is 4.57 Å². The third-order valence-corrected chi connectivity index (χ3v) is 11.8. The van der Waals surface area contributed by atoms with Crippen LogP contribution in [0.5, 0.6) is 0 Å². The van der Waals surface area contributed by atoms with Gasteiger partial charge in [0.15, 0.2) is 6.10 Å². The van der Waals surface area contributed by atoms with Crippen LogP contribution in [-0.2, 0) is 27.9 Å². The third kappa shape index (κ3) is 29.4. The van der Waals surface area contributed by atoms with Gasteiger partial charge in [-0.15, -0.1) is 0 Å². The van der Waals surface area contributed by atoms with Crippen LogP contribution in [0.25, 0.3) is 0 Å². The number of phosphoric acid groups is 1. The third-order valence-electron chi connectivity index (χ3n) is 10.8. The summed E-state index contributed by atoms with van der Waals surface area (Å²) in [5.74, 6) is -0.513. The molecule has 0 saturated heterocycles. The zero-order valence-corrected chi connectivity index (χ0v) is 37.7. The topological polar surface area (TPSA) is 192 Å². The lowest BCUT2D eigenvalue weighted by atomic mass is 9.85. The molecule has 1 fully saturated rings. The van der Waals surface area contributed by atoms with Crippen molar-refractivity contribution < 1.29 is 58.3 Å². The van der Waals surface area contributed by atoms with Crippen molar-refractivity contribution in [2.45, 2.75) is 236 Å². The van der Waals surface area contributed by atoms with E-state index in [1.165, 1.54) is 109 Å². The smallest absolute Gasteiger partial charge is 0.472 e. The van der Waals surface area contributed by atoms with Gasteiger partial charge in [-0.05, 0) is 51.0 Å². The lowest BCUT2D eigenvalue weighted by molar-refractivity contribution is -0.220. The average molecular weight is 861 g/mol. The van der Waals surface area contributed by atoms with Crippen LogP contribution >= 0.6 is 7.82 Å². The Morgan fingerprint density at radius 2 is 0.966 bits per heavy atom. The first-order valence-corrected chi connectivity index (χ1v) is 24.9. The van der Waals surface area contributed by atoms with Gasteiger partial charge in [0.2, 0.25) is 0 Å². The summed E-state index contributed by atoms with van der Waals surface area (Å²) in [6, 6.07) is 0. The highest BCUT2D eigenvalue weighted by Crippen LogP contribution is 2.47. The maximum atomic E-state index is 12.8. The molecule has 0 aromatic carbocycles. The van der Waals surface area contributed by atoms with Crippen LogP contribution in [0.1, 0.15) is 194 Å². The van der Waals surface area contributed by atoms with Crippen molar-refractivity contribution in [1.82, 2.24) is 0 Å². The minimum Gasteiger partial charge on any atom is -0.498 e. The van der Waals surface area contributed by atoms with Crippen LogP contribution in [0.3, 0.4) is 0 Å². The van der Waals surface area contributed by atoms with Gasteiger partial charge >= 0.3 is 13.8 Å². The number of carbonyl (C=O) groups is 1. The van der Waals surface area contributed by atoms with E-state index >= 15 is 0 Å². The van der Waals surface area contributed by atoms with Gasteiger partial charge in [-0.3, -0.25) is 13.8 Å². The lowest BCUT2D eigenvalue weighted by Gasteiger charge is -2.41. The maximum absolute atomic E-state index is 12.8. The van der Waals surface area contributed by atoms with Gasteiger partial charge in [0, 0.05) is 6.42 Å². The van der Waals surface area contributed by atoms with Crippen molar-refractivity contribution in [3.8, 4) is 0 Å². The molecular formula is C46H85O12P. The Morgan fingerprint density at radius 1 is 0.542 bits per heavy atom. The Balaban J connectivity index is 2.42. The van der Waals surface area contributed by atoms with E-state index < -0.39 is 63.1 Å². The second kappa shape index (κ2) is 37.0. The molecule has 1 aliphatic rings. The van der Waals surface area contributed by atoms with Gasteiger partial charge in [0.05, 0.1) is 12.9 Å². The largest absolute Gasteiger partial charge is 0.498 e. The number of ether oxygens (including phenoxy) is 2. The molecule has 0 aromatic rings. The monoisotopic (exact) mass is 861 g/mol. The molecule has 13 heteroatoms. The molecule has 346 valence electrons. The Morgan fingerprint density at radius 3 is 1.47 bits per heavy atom. The average Bonchev–Trinajstić information content (AvgIpc) is 3.22. The van der Waals surface area contributed by atoms with Gasteiger partial charge in [-0.1, -0.05) is 167 Å². The van der Waals surface area contributed by atoms with Crippen LogP contribution in [0.4, 0.5) is 0 Å². The quantitative estimate of drug-likeness (QED) is 0.0113. The predicted octanol–water partition coefficient (Wildman–Crippen LogP) is 9.82. The predicted molar refractivity (Wildman–Crippen MR) is 235 cm³/mol. The number of allylic oxidation sites excluding steroid dienone is 5. The number of phosphoric ester groups is 1. The molecule has 6 N–H and O–H groups in total. The van der Waals surface area contributed by atoms with E-state index in [9.17, 15) is 39.8 Å². The summed E-state index contributed by atoms with van der Waals surface area (Å²) in [5.41, 5.74) is 0. The molecule has 0 amide bonds. The Labute approximate surface area is 357 Å². The first kappa shape index (κ1) is 55.4. The maximum Gasteiger partial charge on any atom is 0.472 e. The van der Waals surface area contributed by atoms with Gasteiger partial charge in [0.1, 0.15) is 43.2 Å². The first-order valence-electron chi connectivity index (χ1n) is 23.4. The normalized spacial score (nSPS) is 22.7. The fraction of sp³-hybridized carbons (Fsp3) is 0.848. The minimum atomic E-state index is -5.04. The van der Waals surface area contributed by atoms with Gasteiger partial charge in [0.25, 0.3) is 0 Å². The number of rotatable bonds is 39. The van der Waals surface area contributed by atoms with Crippen LogP contribution in [-0.4, -0.2) is 92.3 Å². The number of aliphatic hydroxyl groups excluding tert-OH is 5. The number of aliphatic hydroxyl groups is 5. The van der Waals surface area contributed by atoms with E-state index in [2.05, 4.69) is 38.2 Å². The number of unbranched alkanes of at least 4 members (excludes halogenated alkanes) is 23. The highest BCUT2D eigenvalue weighted by atomic mass is 31.2. The standard InChI is InChI=1S/C46H85O12P/c1-3-5-7-9-11-13-15-17-19-20-21-22-24-26-28-30-32-34-36-55-37-39(38-56-59(53,54)58-46-44(51)42(49)41(48)43(50)45(46)52)57-40(47)35-33-31-29-27-25-23-18-16-14-12-10-8-6-4-2/h10,12,16,18,34,36,39,41-46,48-52H,3-9,11,13-15,17,19-33,35,37-38H2,1-2H3,(H,53,54)/b12-10-,18-16-,36-34-/t39-,41?,42-,43?,44?,45?,46?/m1/s1. The van der Waals surface area contributed by atoms with Crippen LogP contribution in [0.15, 0.2) is 36.6 Å². The molecular weight excluding hydrogens is 775 g/mol. The molecule has 0 bridgehead atoms. The summed E-state index contributed by atoms with van der Waals surface area (Å²) >= 11 is 0. The molecule has 0 spiro atoms. The minimum absolute atomic E-state index is 0.154. The zero-order chi connectivity index (χ0) is 43.4. The van der Waals surface area contributed by atoms with E-state index in [1.54, 1.807) is 0 Å². The first-order chi connectivity index (χ1) is 28.5. The summed E-state index contributed by atoms with van der Waals surface area (Å²) in [6.45, 7) is 3.68. The molecule has 8 atom stereocenters. The number of esters is 1. The molecule has 59 heavy (non-hydrogen) atoms. The SMILES string of the molecule is CCCC/C=C\C/C=C\CCCCCCCC(=O)O[C@H](CO/C=C\CCCCCCCCCCCCCCCCCC)COP(=O)(O)OC1C(O)C(O)C(O)[C@@H](O)C1O. The van der Waals surface area contributed by atoms with Crippen LogP contribution < -0.4 is 0 Å². The summed E-state index contributed by atoms with van der Waals surface area (Å²) in [4.78, 5) is 23.1. The molecule has 0 heterocycles. The lowest BCUT2D eigenvalue weighted by Crippen LogP contribution is -2.64. The van der Waals surface area contributed by atoms with E-state index in [0.717, 1.165) is 64.2 Å². The number of carbonyl (C=O) groups excluding carboxylic acids is 1. The Kier molecular flexibility index (Phi) is 34.8. The zero-order valence-electron chi connectivity index (χ0n) is 36.8. The summed E-state index contributed by atoms with van der Waals surface area (Å²) < 4.78 is 33.9. The Hall–Kier alpha value is -1.60. The van der Waals surface area contributed by atoms with E-state index in [-0.39, 0.29) is 13.0 Å². The molecule has 1 aliphatic carbocycles. The molecule has 6 unspecified atom stereocenters. The van der Waals surface area contributed by atoms with Crippen LogP contribution in [0, 0.1) is 0 Å². The van der Waals surface area contributed by atoms with Crippen molar-refractivity contribution in [1.29, 1.82) is 0 Å². The highest BCUT2D eigenvalue weighted by Gasteiger charge is 2.51. The second-order valence-electron chi connectivity index (χ2n) is 16.3. The summed E-state index contributed by atoms with van der Waals surface area (Å²) in [7, 11) is -5.04. The van der Waals surface area contributed by atoms with Crippen molar-refractivity contribution in [3.63, 3.8) is 0 Å². The summed E-state index contributed by atoms with van der Waals surface area (Å²) in [6.07, 6.45) is 31.5. The molecule has 0 aliphatic heterocycles. The molecule has 0 aromatic heterocycles. The number of hydrogen-bond acceptors (Lipinski definition) is 11. The Bertz CT molecular complexity index is 1120. The number of hydrogen-bond donors (Lipinski definition) is 6. The van der Waals surface area contributed by atoms with Gasteiger partial charge < -0.3 is 39.9 Å². The molecule has 1 rings (SSSR count). The van der Waals surface area contributed by atoms with E-state index in [4.69, 9.17) is 18.5 Å². The van der Waals surface area contributed by atoms with E-state index in [1.807, 2.05) is 6.08 Å². The van der Waals surface area contributed by atoms with Crippen molar-refractivity contribution >= 4 is 13.8 Å². The van der Waals surface area contributed by atoms with Crippen molar-refractivity contribution in [2.75, 3.05) is 13.2 Å². The summed E-state index contributed by atoms with van der Waals surface area (Å²) in [5, 5.41) is 50.1. The molecule has 1 saturated carbocycles. The van der Waals surface area contributed by atoms with E-state index in [0.29, 0.717) is 6.42 Å². The molecule has 0 radical (unpaired) electrons. The fourth-order valence-electron chi connectivity index (χ4n) is 7.04. The van der Waals surface area contributed by atoms with Crippen LogP contribution in [0.2, 0.25) is 0 Å². The molecule has 12 nitrogen and oxygen atoms in total. The van der Waals surface area contributed by atoms with Crippen molar-refractivity contribution in [3.05, 3.63) is 36.6 Å². The van der Waals surface area contributed by atoms with Crippen molar-refractivity contribution in [2.24, 2.45) is 0 Å². The second-order valence-corrected chi connectivity index (χ2v) is 17.7.